The number of nitriles is 1. The lowest BCUT2D eigenvalue weighted by atomic mass is 9.74. The Hall–Kier alpha value is -2.57. The van der Waals surface area contributed by atoms with E-state index in [9.17, 15) is 9.47 Å². The fraction of sp³-hybridized carbons (Fsp3) is 0.476. The van der Waals surface area contributed by atoms with Crippen molar-refractivity contribution in [3.8, 4) is 6.07 Å². The van der Waals surface area contributed by atoms with E-state index < -0.39 is 10.8 Å². The summed E-state index contributed by atoms with van der Waals surface area (Å²) in [7, 11) is -1.10. The van der Waals surface area contributed by atoms with E-state index in [-0.39, 0.29) is 5.54 Å². The summed E-state index contributed by atoms with van der Waals surface area (Å²) in [4.78, 5) is 21.0. The maximum atomic E-state index is 12.6. The quantitative estimate of drug-likeness (QED) is 0.732. The maximum absolute atomic E-state index is 12.6. The fourth-order valence-electron chi connectivity index (χ4n) is 4.29. The molecule has 2 aromatic rings. The summed E-state index contributed by atoms with van der Waals surface area (Å²) < 4.78 is 12.6. The van der Waals surface area contributed by atoms with Crippen molar-refractivity contribution >= 4 is 39.7 Å². The van der Waals surface area contributed by atoms with Gasteiger partial charge in [-0.1, -0.05) is 17.7 Å². The Morgan fingerprint density at radius 2 is 2.06 bits per heavy atom. The predicted molar refractivity (Wildman–Crippen MR) is 119 cm³/mol. The Morgan fingerprint density at radius 3 is 2.71 bits per heavy atom. The van der Waals surface area contributed by atoms with Gasteiger partial charge < -0.3 is 10.2 Å². The molecule has 1 saturated carbocycles. The summed E-state index contributed by atoms with van der Waals surface area (Å²) in [5.74, 6) is 2.55. The second kappa shape index (κ2) is 8.17. The van der Waals surface area contributed by atoms with E-state index in [4.69, 9.17) is 21.6 Å². The van der Waals surface area contributed by atoms with E-state index in [1.165, 1.54) is 0 Å². The van der Waals surface area contributed by atoms with E-state index >= 15 is 0 Å². The second-order valence-corrected chi connectivity index (χ2v) is 10.1. The molecule has 1 fully saturated rings. The highest BCUT2D eigenvalue weighted by atomic mass is 35.5. The highest BCUT2D eigenvalue weighted by molar-refractivity contribution is 7.85. The van der Waals surface area contributed by atoms with Gasteiger partial charge in [-0.25, -0.2) is 15.0 Å². The van der Waals surface area contributed by atoms with Gasteiger partial charge in [0.15, 0.2) is 5.82 Å². The average molecular weight is 456 g/mol. The van der Waals surface area contributed by atoms with Gasteiger partial charge >= 0.3 is 0 Å². The van der Waals surface area contributed by atoms with Crippen LogP contribution in [0.15, 0.2) is 23.4 Å². The van der Waals surface area contributed by atoms with Gasteiger partial charge in [-0.15, -0.1) is 0 Å². The Balaban J connectivity index is 1.42. The molecule has 1 unspecified atom stereocenters. The van der Waals surface area contributed by atoms with Gasteiger partial charge in [-0.2, -0.15) is 10.2 Å². The number of nitrogens with one attached hydrogen (secondary N) is 1. The van der Waals surface area contributed by atoms with Crippen LogP contribution in [-0.2, 0) is 17.2 Å². The first kappa shape index (κ1) is 20.3. The molecule has 1 aliphatic carbocycles. The highest BCUT2D eigenvalue weighted by Crippen LogP contribution is 2.40. The molecule has 10 heteroatoms. The van der Waals surface area contributed by atoms with Gasteiger partial charge in [0.1, 0.15) is 10.7 Å². The molecule has 2 aromatic heterocycles. The zero-order valence-electron chi connectivity index (χ0n) is 17.0. The number of fused-ring (bicyclic) bond motifs is 1. The van der Waals surface area contributed by atoms with E-state index in [1.807, 2.05) is 0 Å². The van der Waals surface area contributed by atoms with E-state index in [1.54, 1.807) is 12.4 Å². The zero-order chi connectivity index (χ0) is 21.4. The van der Waals surface area contributed by atoms with Crippen molar-refractivity contribution < 1.29 is 4.21 Å². The van der Waals surface area contributed by atoms with Crippen molar-refractivity contribution in [3.63, 3.8) is 0 Å². The summed E-state index contributed by atoms with van der Waals surface area (Å²) in [6.07, 6.45) is 10.1. The van der Waals surface area contributed by atoms with Gasteiger partial charge in [0, 0.05) is 37.7 Å². The molecule has 0 bridgehead atoms. The van der Waals surface area contributed by atoms with Crippen molar-refractivity contribution in [3.05, 3.63) is 35.0 Å². The van der Waals surface area contributed by atoms with Crippen LogP contribution < -0.4 is 10.2 Å². The maximum Gasteiger partial charge on any atom is 0.227 e. The van der Waals surface area contributed by atoms with Crippen molar-refractivity contribution in [1.29, 1.82) is 5.26 Å². The van der Waals surface area contributed by atoms with E-state index in [2.05, 4.69) is 32.3 Å². The number of rotatable bonds is 5. The lowest BCUT2D eigenvalue weighted by molar-refractivity contribution is 0.282. The SMILES string of the molecule is N#CCC1(Nc2nc(N3CC=C(c4ncc(Cl)cn4)CC3)nc3c2S(=O)CC3)CCC1. The average Bonchev–Trinajstić information content (AvgIpc) is 3.14. The monoisotopic (exact) mass is 455 g/mol. The third-order valence-corrected chi connectivity index (χ3v) is 7.84. The van der Waals surface area contributed by atoms with Crippen LogP contribution in [0.2, 0.25) is 5.02 Å². The predicted octanol–water partition coefficient (Wildman–Crippen LogP) is 3.13. The van der Waals surface area contributed by atoms with E-state index in [0.717, 1.165) is 48.4 Å². The number of aromatic nitrogens is 4. The zero-order valence-corrected chi connectivity index (χ0v) is 18.5. The summed E-state index contributed by atoms with van der Waals surface area (Å²) in [5.41, 5.74) is 1.67. The molecule has 5 rings (SSSR count). The smallest absolute Gasteiger partial charge is 0.227 e. The van der Waals surface area contributed by atoms with Crippen LogP contribution in [0.3, 0.4) is 0 Å². The van der Waals surface area contributed by atoms with Crippen molar-refractivity contribution in [2.45, 2.75) is 49.0 Å². The minimum Gasteiger partial charge on any atom is -0.362 e. The molecule has 0 spiro atoms. The standard InChI is InChI=1S/C21H22ClN7OS/c22-15-12-24-18(25-13-15)14-2-9-29(10-3-14)20-26-16-4-11-31(30)17(16)19(27-20)28-21(7-8-23)5-1-6-21/h2,12-13H,1,3-7,9-11H2,(H,26,27,28). The first-order valence-corrected chi connectivity index (χ1v) is 12.1. The van der Waals surface area contributed by atoms with Gasteiger partial charge in [0.05, 0.1) is 39.5 Å². The molecule has 0 saturated heterocycles. The fourth-order valence-corrected chi connectivity index (χ4v) is 5.70. The molecular weight excluding hydrogens is 434 g/mol. The Bertz CT molecular complexity index is 1110. The molecule has 0 aromatic carbocycles. The molecule has 2 aliphatic heterocycles. The highest BCUT2D eigenvalue weighted by Gasteiger charge is 2.39. The number of halogens is 1. The lowest BCUT2D eigenvalue weighted by Gasteiger charge is -2.41. The van der Waals surface area contributed by atoms with Crippen LogP contribution in [-0.4, -0.2) is 48.5 Å². The summed E-state index contributed by atoms with van der Waals surface area (Å²) in [5, 5.41) is 13.3. The van der Waals surface area contributed by atoms with Crippen LogP contribution in [0.25, 0.3) is 5.57 Å². The number of nitrogens with zero attached hydrogens (tertiary/aromatic N) is 6. The molecule has 0 radical (unpaired) electrons. The summed E-state index contributed by atoms with van der Waals surface area (Å²) >= 11 is 5.89. The van der Waals surface area contributed by atoms with Crippen LogP contribution in [0, 0.1) is 11.3 Å². The number of hydrogen-bond acceptors (Lipinski definition) is 8. The third kappa shape index (κ3) is 3.90. The van der Waals surface area contributed by atoms with Crippen LogP contribution in [0.5, 0.6) is 0 Å². The molecule has 160 valence electrons. The number of hydrogen-bond donors (Lipinski definition) is 1. The van der Waals surface area contributed by atoms with Crippen molar-refractivity contribution in [2.24, 2.45) is 0 Å². The van der Waals surface area contributed by atoms with Gasteiger partial charge in [0.2, 0.25) is 5.95 Å². The Labute approximate surface area is 188 Å². The topological polar surface area (TPSA) is 108 Å². The van der Waals surface area contributed by atoms with E-state index in [0.29, 0.717) is 47.8 Å². The second-order valence-electron chi connectivity index (χ2n) is 8.19. The van der Waals surface area contributed by atoms with Crippen LogP contribution in [0.4, 0.5) is 11.8 Å². The Morgan fingerprint density at radius 1 is 1.26 bits per heavy atom. The third-order valence-electron chi connectivity index (χ3n) is 6.19. The Kier molecular flexibility index (Phi) is 5.36. The molecule has 4 heterocycles. The summed E-state index contributed by atoms with van der Waals surface area (Å²) in [6, 6.07) is 2.29. The van der Waals surface area contributed by atoms with Gasteiger partial charge in [0.25, 0.3) is 0 Å². The van der Waals surface area contributed by atoms with Crippen LogP contribution in [0.1, 0.15) is 43.6 Å². The molecule has 3 aliphatic rings. The lowest BCUT2D eigenvalue weighted by Crippen LogP contribution is -2.45. The molecule has 1 atom stereocenters. The number of anilines is 2. The molecule has 1 N–H and O–H groups in total. The number of aryl methyl sites for hydroxylation is 1. The first-order chi connectivity index (χ1) is 15.1. The molecular formula is C21H22ClN7OS. The van der Waals surface area contributed by atoms with Crippen LogP contribution >= 0.6 is 11.6 Å². The largest absolute Gasteiger partial charge is 0.362 e. The summed E-state index contributed by atoms with van der Waals surface area (Å²) in [6.45, 7) is 1.38. The normalized spacial score (nSPS) is 21.6. The molecule has 8 nitrogen and oxygen atoms in total. The minimum atomic E-state index is -1.10. The van der Waals surface area contributed by atoms with Gasteiger partial charge in [-0.05, 0) is 31.3 Å². The van der Waals surface area contributed by atoms with Crippen molar-refractivity contribution in [2.75, 3.05) is 29.1 Å². The minimum absolute atomic E-state index is 0.262. The van der Waals surface area contributed by atoms with Gasteiger partial charge in [-0.3, -0.25) is 4.21 Å². The van der Waals surface area contributed by atoms with Crippen molar-refractivity contribution in [1.82, 2.24) is 19.9 Å². The molecule has 0 amide bonds. The molecule has 31 heavy (non-hydrogen) atoms. The first-order valence-electron chi connectivity index (χ1n) is 10.4.